The quantitative estimate of drug-likeness (QED) is 0.781. The molecule has 3 heteroatoms. The van der Waals surface area contributed by atoms with E-state index in [4.69, 9.17) is 0 Å². The van der Waals surface area contributed by atoms with E-state index in [1.165, 1.54) is 5.56 Å². The van der Waals surface area contributed by atoms with E-state index in [-0.39, 0.29) is 5.41 Å². The molecule has 0 bridgehead atoms. The Morgan fingerprint density at radius 2 is 1.40 bits per heavy atom. The molecule has 0 amide bonds. The summed E-state index contributed by atoms with van der Waals surface area (Å²) >= 11 is 0. The van der Waals surface area contributed by atoms with Crippen LogP contribution >= 0.6 is 0 Å². The molecule has 1 aromatic heterocycles. The second-order valence-electron chi connectivity index (χ2n) is 5.38. The third kappa shape index (κ3) is 2.11. The van der Waals surface area contributed by atoms with Crippen molar-refractivity contribution in [3.8, 4) is 11.3 Å². The number of H-pyrrole nitrogens is 1. The lowest BCUT2D eigenvalue weighted by molar-refractivity contribution is 0.615. The van der Waals surface area contributed by atoms with Crippen LogP contribution in [0.5, 0.6) is 0 Å². The number of aromatic amines is 1. The van der Waals surface area contributed by atoms with Gasteiger partial charge in [-0.05, 0) is 5.56 Å². The number of benzene rings is 2. The van der Waals surface area contributed by atoms with E-state index in [1.807, 2.05) is 24.3 Å². The van der Waals surface area contributed by atoms with Crippen molar-refractivity contribution in [1.82, 2.24) is 15.4 Å². The number of nitrogens with zero attached hydrogens (tertiary/aromatic N) is 2. The molecule has 0 saturated heterocycles. The van der Waals surface area contributed by atoms with Crippen LogP contribution in [-0.2, 0) is 5.41 Å². The summed E-state index contributed by atoms with van der Waals surface area (Å²) in [5.74, 6) is 0. The molecule has 0 unspecified atom stereocenters. The zero-order chi connectivity index (χ0) is 14.0. The second kappa shape index (κ2) is 4.93. The predicted octanol–water partition coefficient (Wildman–Crippen LogP) is 3.80. The van der Waals surface area contributed by atoms with Crippen molar-refractivity contribution in [2.75, 3.05) is 0 Å². The van der Waals surface area contributed by atoms with Crippen molar-refractivity contribution < 1.29 is 0 Å². The molecule has 0 aliphatic heterocycles. The summed E-state index contributed by atoms with van der Waals surface area (Å²) in [7, 11) is 0. The standard InChI is InChI=1S/C17H17N3/c1-17(2,14-11-7-4-8-12-14)16-15(18-20-19-16)13-9-5-3-6-10-13/h3-12H,1-2H3,(H,18,19,20). The largest absolute Gasteiger partial charge is 0.197 e. The van der Waals surface area contributed by atoms with Crippen LogP contribution in [0.1, 0.15) is 25.1 Å². The summed E-state index contributed by atoms with van der Waals surface area (Å²) in [6.07, 6.45) is 0. The minimum Gasteiger partial charge on any atom is -0.197 e. The zero-order valence-corrected chi connectivity index (χ0v) is 11.7. The van der Waals surface area contributed by atoms with Gasteiger partial charge in [-0.2, -0.15) is 15.4 Å². The first-order valence-corrected chi connectivity index (χ1v) is 6.72. The van der Waals surface area contributed by atoms with Crippen molar-refractivity contribution in [2.45, 2.75) is 19.3 Å². The topological polar surface area (TPSA) is 41.6 Å². The van der Waals surface area contributed by atoms with Gasteiger partial charge in [-0.3, -0.25) is 0 Å². The molecule has 0 atom stereocenters. The first-order chi connectivity index (χ1) is 9.69. The maximum absolute atomic E-state index is 4.40. The van der Waals surface area contributed by atoms with Gasteiger partial charge in [0, 0.05) is 11.0 Å². The summed E-state index contributed by atoms with van der Waals surface area (Å²) in [5, 5.41) is 11.5. The van der Waals surface area contributed by atoms with Gasteiger partial charge in [-0.1, -0.05) is 74.5 Å². The van der Waals surface area contributed by atoms with Crippen molar-refractivity contribution in [1.29, 1.82) is 0 Å². The van der Waals surface area contributed by atoms with Crippen LogP contribution in [0.2, 0.25) is 0 Å². The molecule has 100 valence electrons. The van der Waals surface area contributed by atoms with Gasteiger partial charge in [-0.15, -0.1) is 0 Å². The number of nitrogens with one attached hydrogen (secondary N) is 1. The van der Waals surface area contributed by atoms with Gasteiger partial charge in [0.2, 0.25) is 0 Å². The van der Waals surface area contributed by atoms with Crippen LogP contribution < -0.4 is 0 Å². The van der Waals surface area contributed by atoms with Crippen LogP contribution in [0.25, 0.3) is 11.3 Å². The molecule has 20 heavy (non-hydrogen) atoms. The van der Waals surface area contributed by atoms with Crippen LogP contribution in [-0.4, -0.2) is 15.4 Å². The van der Waals surface area contributed by atoms with E-state index in [0.717, 1.165) is 17.0 Å². The van der Waals surface area contributed by atoms with E-state index < -0.39 is 0 Å². The first kappa shape index (κ1) is 12.6. The molecule has 3 aromatic rings. The molecule has 1 heterocycles. The summed E-state index contributed by atoms with van der Waals surface area (Å²) in [6, 6.07) is 20.6. The Hall–Kier alpha value is -2.42. The average molecular weight is 263 g/mol. The average Bonchev–Trinajstić information content (AvgIpc) is 2.99. The van der Waals surface area contributed by atoms with E-state index in [1.54, 1.807) is 0 Å². The van der Waals surface area contributed by atoms with Gasteiger partial charge in [0.25, 0.3) is 0 Å². The number of hydrogen-bond donors (Lipinski definition) is 1. The van der Waals surface area contributed by atoms with Gasteiger partial charge in [0.05, 0.1) is 0 Å². The van der Waals surface area contributed by atoms with Gasteiger partial charge >= 0.3 is 0 Å². The highest BCUT2D eigenvalue weighted by molar-refractivity contribution is 5.63. The van der Waals surface area contributed by atoms with Gasteiger partial charge in [-0.25, -0.2) is 0 Å². The molecule has 0 saturated carbocycles. The van der Waals surface area contributed by atoms with Crippen molar-refractivity contribution in [2.24, 2.45) is 0 Å². The zero-order valence-electron chi connectivity index (χ0n) is 11.7. The smallest absolute Gasteiger partial charge is 0.116 e. The highest BCUT2D eigenvalue weighted by Gasteiger charge is 2.29. The van der Waals surface area contributed by atoms with Crippen LogP contribution in [0, 0.1) is 0 Å². The Bertz CT molecular complexity index is 685. The minimum atomic E-state index is -0.195. The van der Waals surface area contributed by atoms with E-state index >= 15 is 0 Å². The lowest BCUT2D eigenvalue weighted by Gasteiger charge is -2.23. The molecule has 2 aromatic carbocycles. The maximum atomic E-state index is 4.40. The molecular weight excluding hydrogens is 246 g/mol. The Morgan fingerprint density at radius 1 is 0.800 bits per heavy atom. The third-order valence-electron chi connectivity index (χ3n) is 3.68. The predicted molar refractivity (Wildman–Crippen MR) is 80.4 cm³/mol. The number of aromatic nitrogens is 3. The highest BCUT2D eigenvalue weighted by Crippen LogP contribution is 2.35. The lowest BCUT2D eigenvalue weighted by Crippen LogP contribution is -2.20. The molecular formula is C17H17N3. The monoisotopic (exact) mass is 263 g/mol. The minimum absolute atomic E-state index is 0.195. The molecule has 0 fully saturated rings. The Labute approximate surface area is 118 Å². The maximum Gasteiger partial charge on any atom is 0.116 e. The van der Waals surface area contributed by atoms with Crippen LogP contribution in [0.15, 0.2) is 60.7 Å². The second-order valence-corrected chi connectivity index (χ2v) is 5.38. The van der Waals surface area contributed by atoms with Crippen LogP contribution in [0.3, 0.4) is 0 Å². The van der Waals surface area contributed by atoms with Crippen LogP contribution in [0.4, 0.5) is 0 Å². The Kier molecular flexibility index (Phi) is 3.11. The molecule has 0 aliphatic rings. The Balaban J connectivity index is 2.10. The van der Waals surface area contributed by atoms with Gasteiger partial charge in [0.1, 0.15) is 11.4 Å². The fourth-order valence-electron chi connectivity index (χ4n) is 2.46. The third-order valence-corrected chi connectivity index (χ3v) is 3.68. The molecule has 0 aliphatic carbocycles. The lowest BCUT2D eigenvalue weighted by atomic mass is 9.80. The Morgan fingerprint density at radius 3 is 2.05 bits per heavy atom. The van der Waals surface area contributed by atoms with E-state index in [2.05, 4.69) is 65.7 Å². The fourth-order valence-corrected chi connectivity index (χ4v) is 2.46. The van der Waals surface area contributed by atoms with Gasteiger partial charge in [0.15, 0.2) is 0 Å². The summed E-state index contributed by atoms with van der Waals surface area (Å²) < 4.78 is 0. The van der Waals surface area contributed by atoms with E-state index in [0.29, 0.717) is 0 Å². The number of rotatable bonds is 3. The summed E-state index contributed by atoms with van der Waals surface area (Å²) in [5.41, 5.74) is 4.00. The fraction of sp³-hybridized carbons (Fsp3) is 0.176. The first-order valence-electron chi connectivity index (χ1n) is 6.72. The number of hydrogen-bond acceptors (Lipinski definition) is 2. The van der Waals surface area contributed by atoms with Crippen molar-refractivity contribution in [3.05, 3.63) is 71.9 Å². The molecule has 0 radical (unpaired) electrons. The molecule has 0 spiro atoms. The highest BCUT2D eigenvalue weighted by atomic mass is 15.3. The molecule has 3 nitrogen and oxygen atoms in total. The molecule has 3 rings (SSSR count). The summed E-state index contributed by atoms with van der Waals surface area (Å²) in [4.78, 5) is 0. The SMILES string of the molecule is CC(C)(c1ccccc1)c1n[nH]nc1-c1ccccc1. The summed E-state index contributed by atoms with van der Waals surface area (Å²) in [6.45, 7) is 4.35. The molecule has 1 N–H and O–H groups in total. The van der Waals surface area contributed by atoms with Crippen molar-refractivity contribution in [3.63, 3.8) is 0 Å². The van der Waals surface area contributed by atoms with Crippen molar-refractivity contribution >= 4 is 0 Å². The van der Waals surface area contributed by atoms with Gasteiger partial charge < -0.3 is 0 Å². The normalized spacial score (nSPS) is 11.5. The van der Waals surface area contributed by atoms with E-state index in [9.17, 15) is 0 Å².